The van der Waals surface area contributed by atoms with Gasteiger partial charge in [0.15, 0.2) is 0 Å². The van der Waals surface area contributed by atoms with Gasteiger partial charge in [0.05, 0.1) is 10.5 Å². The lowest BCUT2D eigenvalue weighted by molar-refractivity contribution is -0.384. The molecule has 126 valence electrons. The summed E-state index contributed by atoms with van der Waals surface area (Å²) < 4.78 is 5.55. The molecule has 0 aliphatic heterocycles. The van der Waals surface area contributed by atoms with Crippen LogP contribution in [0.5, 0.6) is 0 Å². The summed E-state index contributed by atoms with van der Waals surface area (Å²) in [4.78, 5) is 25.2. The van der Waals surface area contributed by atoms with Gasteiger partial charge in [0.2, 0.25) is 0 Å². The predicted octanol–water partition coefficient (Wildman–Crippen LogP) is 4.01. The molecule has 1 aromatic rings. The third-order valence-electron chi connectivity index (χ3n) is 5.08. The van der Waals surface area contributed by atoms with Crippen LogP contribution in [0, 0.1) is 22.0 Å². The number of non-ortho nitro benzene ring substituents is 1. The lowest BCUT2D eigenvalue weighted by Gasteiger charge is -2.20. The molecule has 3 rings (SSSR count). The van der Waals surface area contributed by atoms with Crippen molar-refractivity contribution in [3.63, 3.8) is 0 Å². The molecule has 0 heterocycles. The first-order valence-corrected chi connectivity index (χ1v) is 7.92. The molecule has 2 saturated carbocycles. The number of esters is 1. The molecule has 0 spiro atoms. The fraction of sp³-hybridized carbons (Fsp3) is 0.562. The molecule has 2 aliphatic rings. The number of fused-ring (bicyclic) bond motifs is 1. The predicted molar refractivity (Wildman–Crippen MR) is 85.3 cm³/mol. The van der Waals surface area contributed by atoms with Crippen LogP contribution >= 0.6 is 0 Å². The molecular formula is C16H18N4O4. The number of azide groups is 1. The highest BCUT2D eigenvalue weighted by atomic mass is 16.6. The van der Waals surface area contributed by atoms with Crippen molar-refractivity contribution in [1.82, 2.24) is 0 Å². The maximum absolute atomic E-state index is 12.2. The van der Waals surface area contributed by atoms with Crippen molar-refractivity contribution in [2.24, 2.45) is 17.0 Å². The maximum Gasteiger partial charge on any atom is 0.338 e. The first-order valence-electron chi connectivity index (χ1n) is 7.92. The first-order chi connectivity index (χ1) is 11.4. The van der Waals surface area contributed by atoms with Gasteiger partial charge in [0, 0.05) is 22.6 Å². The van der Waals surface area contributed by atoms with E-state index in [4.69, 9.17) is 10.3 Å². The summed E-state index contributed by atoms with van der Waals surface area (Å²) in [6, 6.07) is 5.42. The van der Waals surface area contributed by atoms with Crippen molar-refractivity contribution in [3.8, 4) is 0 Å². The Labute approximate surface area is 138 Å². The number of hydrogen-bond acceptors (Lipinski definition) is 5. The summed E-state index contributed by atoms with van der Waals surface area (Å²) in [5.74, 6) is 0.373. The molecule has 0 amide bonds. The van der Waals surface area contributed by atoms with Gasteiger partial charge in [0.25, 0.3) is 5.69 Å². The van der Waals surface area contributed by atoms with Crippen molar-refractivity contribution in [1.29, 1.82) is 0 Å². The second-order valence-electron chi connectivity index (χ2n) is 6.92. The third-order valence-corrected chi connectivity index (χ3v) is 5.08. The van der Waals surface area contributed by atoms with Gasteiger partial charge in [-0.25, -0.2) is 4.79 Å². The minimum atomic E-state index is -0.506. The lowest BCUT2D eigenvalue weighted by atomic mass is 9.97. The number of nitro groups is 1. The molecule has 2 aliphatic carbocycles. The number of ether oxygens (including phenoxy) is 1. The molecular weight excluding hydrogens is 312 g/mol. The van der Waals surface area contributed by atoms with Crippen LogP contribution in [0.3, 0.4) is 0 Å². The van der Waals surface area contributed by atoms with E-state index in [2.05, 4.69) is 10.0 Å². The van der Waals surface area contributed by atoms with Gasteiger partial charge in [-0.15, -0.1) is 0 Å². The van der Waals surface area contributed by atoms with Crippen molar-refractivity contribution in [2.75, 3.05) is 0 Å². The van der Waals surface area contributed by atoms with E-state index in [-0.39, 0.29) is 17.3 Å². The molecule has 0 radical (unpaired) electrons. The summed E-state index contributed by atoms with van der Waals surface area (Å²) in [7, 11) is 0. The number of carbonyl (C=O) groups excluding carboxylic acids is 1. The highest BCUT2D eigenvalue weighted by Crippen LogP contribution is 2.51. The molecule has 0 bridgehead atoms. The molecule has 0 unspecified atom stereocenters. The van der Waals surface area contributed by atoms with Crippen molar-refractivity contribution < 1.29 is 14.5 Å². The third kappa shape index (κ3) is 3.19. The smallest absolute Gasteiger partial charge is 0.338 e. The average molecular weight is 330 g/mol. The summed E-state index contributed by atoms with van der Waals surface area (Å²) in [6.45, 7) is 1.98. The van der Waals surface area contributed by atoms with Crippen LogP contribution in [0.4, 0.5) is 5.69 Å². The second kappa shape index (κ2) is 6.13. The van der Waals surface area contributed by atoms with Crippen molar-refractivity contribution >= 4 is 11.7 Å². The number of nitro benzene ring substituents is 1. The van der Waals surface area contributed by atoms with Gasteiger partial charge in [0.1, 0.15) is 6.10 Å². The largest absolute Gasteiger partial charge is 0.459 e. The summed E-state index contributed by atoms with van der Waals surface area (Å²) >= 11 is 0. The maximum atomic E-state index is 12.2. The number of rotatable bonds is 4. The Kier molecular flexibility index (Phi) is 4.15. The normalized spacial score (nSPS) is 31.1. The summed E-state index contributed by atoms with van der Waals surface area (Å²) in [5, 5.41) is 14.5. The highest BCUT2D eigenvalue weighted by molar-refractivity contribution is 5.89. The highest BCUT2D eigenvalue weighted by Gasteiger charge is 2.47. The lowest BCUT2D eigenvalue weighted by Crippen LogP contribution is -2.21. The Hall–Kier alpha value is -2.60. The Bertz CT molecular complexity index is 697. The number of benzene rings is 1. The average Bonchev–Trinajstić information content (AvgIpc) is 3.01. The molecule has 24 heavy (non-hydrogen) atoms. The van der Waals surface area contributed by atoms with Gasteiger partial charge in [-0.3, -0.25) is 10.1 Å². The monoisotopic (exact) mass is 330 g/mol. The van der Waals surface area contributed by atoms with E-state index in [0.717, 1.165) is 25.7 Å². The zero-order valence-electron chi connectivity index (χ0n) is 13.3. The zero-order valence-corrected chi connectivity index (χ0v) is 13.3. The Morgan fingerprint density at radius 1 is 1.33 bits per heavy atom. The minimum absolute atomic E-state index is 0.0562. The quantitative estimate of drug-likeness (QED) is 0.207. The van der Waals surface area contributed by atoms with E-state index in [9.17, 15) is 14.9 Å². The fourth-order valence-electron chi connectivity index (χ4n) is 4.09. The molecule has 4 atom stereocenters. The summed E-state index contributed by atoms with van der Waals surface area (Å²) in [6.07, 6.45) is 3.07. The zero-order chi connectivity index (χ0) is 17.3. The Balaban J connectivity index is 1.58. The van der Waals surface area contributed by atoms with Gasteiger partial charge >= 0.3 is 5.97 Å². The number of nitrogens with zero attached hydrogens (tertiary/aromatic N) is 4. The van der Waals surface area contributed by atoms with Crippen LogP contribution < -0.4 is 0 Å². The van der Waals surface area contributed by atoms with E-state index in [0.29, 0.717) is 17.4 Å². The van der Waals surface area contributed by atoms with E-state index < -0.39 is 10.9 Å². The van der Waals surface area contributed by atoms with E-state index >= 15 is 0 Å². The number of hydrogen-bond donors (Lipinski definition) is 0. The van der Waals surface area contributed by atoms with Gasteiger partial charge in [-0.05, 0) is 55.2 Å². The van der Waals surface area contributed by atoms with E-state index in [1.165, 1.54) is 24.3 Å². The SMILES string of the molecule is C[C@]1(N=[N+]=[N-])C[C@H]2C[C@H](OC(=O)c3ccc([N+](=O)[O-])cc3)C[C@H]2C1. The van der Waals surface area contributed by atoms with Crippen LogP contribution in [-0.2, 0) is 4.74 Å². The van der Waals surface area contributed by atoms with Crippen LogP contribution in [-0.4, -0.2) is 22.5 Å². The fourth-order valence-corrected chi connectivity index (χ4v) is 4.09. The topological polar surface area (TPSA) is 118 Å². The van der Waals surface area contributed by atoms with Crippen LogP contribution in [0.1, 0.15) is 43.0 Å². The van der Waals surface area contributed by atoms with Crippen LogP contribution in [0.2, 0.25) is 0 Å². The van der Waals surface area contributed by atoms with Gasteiger partial charge in [-0.2, -0.15) is 0 Å². The Morgan fingerprint density at radius 3 is 2.42 bits per heavy atom. The van der Waals surface area contributed by atoms with Crippen LogP contribution in [0.25, 0.3) is 10.4 Å². The van der Waals surface area contributed by atoms with E-state index in [1.807, 2.05) is 6.92 Å². The standard InChI is InChI=1S/C16H18N4O4/c1-16(18-19-17)8-11-6-14(7-12(11)9-16)24-15(21)10-2-4-13(5-3-10)20(22)23/h2-5,11-12,14H,6-9H2,1H3/t11-,12+,14+,16+. The van der Waals surface area contributed by atoms with Gasteiger partial charge in [-0.1, -0.05) is 12.0 Å². The van der Waals surface area contributed by atoms with E-state index in [1.54, 1.807) is 0 Å². The van der Waals surface area contributed by atoms with Crippen LogP contribution in [0.15, 0.2) is 29.4 Å². The Morgan fingerprint density at radius 2 is 1.92 bits per heavy atom. The molecule has 8 nitrogen and oxygen atoms in total. The number of carbonyl (C=O) groups is 1. The molecule has 2 fully saturated rings. The molecule has 0 saturated heterocycles. The second-order valence-corrected chi connectivity index (χ2v) is 6.92. The van der Waals surface area contributed by atoms with Gasteiger partial charge < -0.3 is 4.74 Å². The van der Waals surface area contributed by atoms with Crippen molar-refractivity contribution in [2.45, 2.75) is 44.2 Å². The molecule has 1 aromatic carbocycles. The summed E-state index contributed by atoms with van der Waals surface area (Å²) in [5.41, 5.74) is 8.59. The van der Waals surface area contributed by atoms with Crippen molar-refractivity contribution in [3.05, 3.63) is 50.4 Å². The first kappa shape index (κ1) is 16.3. The molecule has 8 heteroatoms. The molecule has 0 N–H and O–H groups in total. The minimum Gasteiger partial charge on any atom is -0.459 e. The molecule has 0 aromatic heterocycles.